The van der Waals surface area contributed by atoms with E-state index in [1.807, 2.05) is 6.07 Å². The van der Waals surface area contributed by atoms with Gasteiger partial charge in [0.2, 0.25) is 0 Å². The lowest BCUT2D eigenvalue weighted by Crippen LogP contribution is -2.57. The topological polar surface area (TPSA) is 43.8 Å². The van der Waals surface area contributed by atoms with Gasteiger partial charge in [-0.1, -0.05) is 6.07 Å². The number of hydrogen-bond donors (Lipinski definition) is 1. The monoisotopic (exact) mass is 292 g/mol. The van der Waals surface area contributed by atoms with Gasteiger partial charge in [0.15, 0.2) is 0 Å². The van der Waals surface area contributed by atoms with Gasteiger partial charge in [-0.15, -0.1) is 0 Å². The van der Waals surface area contributed by atoms with Crippen molar-refractivity contribution < 1.29 is 14.3 Å². The standard InChI is InChI=1S/C16H21FN2O2/c1-16(2)11-19(10-9-18(16)3)14-6-4-5-13(17)12(14)7-8-15(20)21/h4-8H,9-11H2,1-3H3,(H,20,21)/b8-7+. The first-order valence-electron chi connectivity index (χ1n) is 6.97. The number of carboxylic acids is 1. The van der Waals surface area contributed by atoms with Gasteiger partial charge in [-0.05, 0) is 39.1 Å². The number of halogens is 1. The highest BCUT2D eigenvalue weighted by atomic mass is 19.1. The normalized spacial score (nSPS) is 19.1. The number of nitrogens with zero attached hydrogens (tertiary/aromatic N) is 2. The lowest BCUT2D eigenvalue weighted by Gasteiger charge is -2.46. The van der Waals surface area contributed by atoms with E-state index in [-0.39, 0.29) is 5.54 Å². The molecule has 1 N–H and O–H groups in total. The number of benzene rings is 1. The summed E-state index contributed by atoms with van der Waals surface area (Å²) in [6, 6.07) is 4.85. The van der Waals surface area contributed by atoms with E-state index < -0.39 is 11.8 Å². The highest BCUT2D eigenvalue weighted by molar-refractivity contribution is 5.87. The van der Waals surface area contributed by atoms with Crippen LogP contribution in [0.4, 0.5) is 10.1 Å². The molecule has 1 saturated heterocycles. The second kappa shape index (κ2) is 5.85. The summed E-state index contributed by atoms with van der Waals surface area (Å²) in [4.78, 5) is 15.1. The number of hydrogen-bond acceptors (Lipinski definition) is 3. The quantitative estimate of drug-likeness (QED) is 0.869. The molecule has 0 radical (unpaired) electrons. The van der Waals surface area contributed by atoms with Crippen molar-refractivity contribution in [3.05, 3.63) is 35.7 Å². The second-order valence-electron chi connectivity index (χ2n) is 6.00. The fourth-order valence-electron chi connectivity index (χ4n) is 2.57. The molecule has 0 atom stereocenters. The Bertz CT molecular complexity index is 569. The van der Waals surface area contributed by atoms with Crippen molar-refractivity contribution in [2.45, 2.75) is 19.4 Å². The van der Waals surface area contributed by atoms with Crippen LogP contribution in [0.5, 0.6) is 0 Å². The maximum atomic E-state index is 14.0. The molecule has 21 heavy (non-hydrogen) atoms. The van der Waals surface area contributed by atoms with E-state index in [2.05, 4.69) is 30.7 Å². The van der Waals surface area contributed by atoms with Gasteiger partial charge in [-0.25, -0.2) is 9.18 Å². The molecule has 0 unspecified atom stereocenters. The van der Waals surface area contributed by atoms with E-state index in [1.165, 1.54) is 12.1 Å². The predicted molar refractivity (Wildman–Crippen MR) is 82.0 cm³/mol. The first-order chi connectivity index (χ1) is 9.81. The van der Waals surface area contributed by atoms with Crippen molar-refractivity contribution in [1.29, 1.82) is 0 Å². The number of piperazine rings is 1. The third-order valence-electron chi connectivity index (χ3n) is 4.08. The van der Waals surface area contributed by atoms with E-state index in [9.17, 15) is 9.18 Å². The van der Waals surface area contributed by atoms with E-state index in [0.29, 0.717) is 5.56 Å². The van der Waals surface area contributed by atoms with E-state index in [0.717, 1.165) is 31.4 Å². The molecular weight excluding hydrogens is 271 g/mol. The van der Waals surface area contributed by atoms with Gasteiger partial charge in [0.05, 0.1) is 0 Å². The van der Waals surface area contributed by atoms with Gasteiger partial charge in [0, 0.05) is 42.5 Å². The molecule has 1 aliphatic heterocycles. The zero-order valence-electron chi connectivity index (χ0n) is 12.6. The van der Waals surface area contributed by atoms with Gasteiger partial charge in [-0.3, -0.25) is 4.90 Å². The first kappa shape index (κ1) is 15.5. The smallest absolute Gasteiger partial charge is 0.328 e. The predicted octanol–water partition coefficient (Wildman–Crippen LogP) is 2.45. The molecule has 114 valence electrons. The lowest BCUT2D eigenvalue weighted by molar-refractivity contribution is -0.131. The fourth-order valence-corrected chi connectivity index (χ4v) is 2.57. The highest BCUT2D eigenvalue weighted by Gasteiger charge is 2.31. The summed E-state index contributed by atoms with van der Waals surface area (Å²) in [6.45, 7) is 6.72. The summed E-state index contributed by atoms with van der Waals surface area (Å²) in [5.74, 6) is -1.48. The average Bonchev–Trinajstić information content (AvgIpc) is 2.40. The SMILES string of the molecule is CN1CCN(c2cccc(F)c2/C=C/C(=O)O)CC1(C)C. The molecule has 1 aromatic rings. The van der Waals surface area contributed by atoms with Crippen LogP contribution in [-0.2, 0) is 4.79 Å². The van der Waals surface area contributed by atoms with Gasteiger partial charge in [-0.2, -0.15) is 0 Å². The van der Waals surface area contributed by atoms with Gasteiger partial charge in [0.25, 0.3) is 0 Å². The Morgan fingerprint density at radius 3 is 2.71 bits per heavy atom. The maximum Gasteiger partial charge on any atom is 0.328 e. The van der Waals surface area contributed by atoms with Crippen LogP contribution in [-0.4, -0.2) is 48.2 Å². The van der Waals surface area contributed by atoms with E-state index >= 15 is 0 Å². The van der Waals surface area contributed by atoms with Crippen LogP contribution in [0.25, 0.3) is 6.08 Å². The highest BCUT2D eigenvalue weighted by Crippen LogP contribution is 2.29. The van der Waals surface area contributed by atoms with Crippen molar-refractivity contribution >= 4 is 17.7 Å². The van der Waals surface area contributed by atoms with Gasteiger partial charge < -0.3 is 10.0 Å². The number of likely N-dealkylation sites (N-methyl/N-ethyl adjacent to an activating group) is 1. The van der Waals surface area contributed by atoms with Crippen LogP contribution >= 0.6 is 0 Å². The molecule has 1 aliphatic rings. The molecule has 0 aromatic heterocycles. The fraction of sp³-hybridized carbons (Fsp3) is 0.438. The summed E-state index contributed by atoms with van der Waals surface area (Å²) in [6.07, 6.45) is 2.31. The average molecular weight is 292 g/mol. The number of rotatable bonds is 3. The molecular formula is C16H21FN2O2. The number of carbonyl (C=O) groups is 1. The molecule has 0 amide bonds. The molecule has 0 saturated carbocycles. The summed E-state index contributed by atoms with van der Waals surface area (Å²) in [5.41, 5.74) is 1.06. The minimum atomic E-state index is -1.08. The van der Waals surface area contributed by atoms with Crippen LogP contribution in [0, 0.1) is 5.82 Å². The zero-order chi connectivity index (χ0) is 15.6. The van der Waals surface area contributed by atoms with Gasteiger partial charge >= 0.3 is 5.97 Å². The molecule has 5 heteroatoms. The van der Waals surface area contributed by atoms with Crippen LogP contribution in [0.1, 0.15) is 19.4 Å². The number of anilines is 1. The molecule has 1 aromatic carbocycles. The van der Waals surface area contributed by atoms with E-state index in [4.69, 9.17) is 5.11 Å². The largest absolute Gasteiger partial charge is 0.478 e. The first-order valence-corrected chi connectivity index (χ1v) is 6.97. The minimum absolute atomic E-state index is 0.0155. The van der Waals surface area contributed by atoms with Crippen LogP contribution in [0.15, 0.2) is 24.3 Å². The Kier molecular flexibility index (Phi) is 4.32. The molecule has 1 fully saturated rings. The van der Waals surface area contributed by atoms with E-state index in [1.54, 1.807) is 6.07 Å². The Morgan fingerprint density at radius 1 is 1.38 bits per heavy atom. The maximum absolute atomic E-state index is 14.0. The van der Waals surface area contributed by atoms with Crippen molar-refractivity contribution in [1.82, 2.24) is 4.90 Å². The molecule has 0 spiro atoms. The lowest BCUT2D eigenvalue weighted by atomic mass is 9.98. The molecule has 4 nitrogen and oxygen atoms in total. The van der Waals surface area contributed by atoms with Crippen LogP contribution in [0.2, 0.25) is 0 Å². The Hall–Kier alpha value is -1.88. The van der Waals surface area contributed by atoms with Crippen LogP contribution in [0.3, 0.4) is 0 Å². The Morgan fingerprint density at radius 2 is 2.10 bits per heavy atom. The summed E-state index contributed by atoms with van der Waals surface area (Å²) < 4.78 is 14.0. The molecule has 2 rings (SSSR count). The minimum Gasteiger partial charge on any atom is -0.478 e. The number of aliphatic carboxylic acids is 1. The zero-order valence-corrected chi connectivity index (χ0v) is 12.6. The third kappa shape index (κ3) is 3.42. The number of carboxylic acid groups (broad SMARTS) is 1. The van der Waals surface area contributed by atoms with Crippen molar-refractivity contribution in [2.75, 3.05) is 31.6 Å². The molecule has 1 heterocycles. The third-order valence-corrected chi connectivity index (χ3v) is 4.08. The van der Waals surface area contributed by atoms with Gasteiger partial charge in [0.1, 0.15) is 5.82 Å². The summed E-state index contributed by atoms with van der Waals surface area (Å²) >= 11 is 0. The summed E-state index contributed by atoms with van der Waals surface area (Å²) in [7, 11) is 2.08. The Labute approximate surface area is 124 Å². The van der Waals surface area contributed by atoms with Crippen molar-refractivity contribution in [3.63, 3.8) is 0 Å². The van der Waals surface area contributed by atoms with Crippen LogP contribution < -0.4 is 4.90 Å². The van der Waals surface area contributed by atoms with Crippen molar-refractivity contribution in [3.8, 4) is 0 Å². The summed E-state index contributed by atoms with van der Waals surface area (Å²) in [5, 5.41) is 8.76. The molecule has 0 bridgehead atoms. The van der Waals surface area contributed by atoms with Crippen molar-refractivity contribution in [2.24, 2.45) is 0 Å². The second-order valence-corrected chi connectivity index (χ2v) is 6.00. The molecule has 0 aliphatic carbocycles. The Balaban J connectivity index is 2.36.